The van der Waals surface area contributed by atoms with Gasteiger partial charge in [-0.05, 0) is 85.8 Å². The summed E-state index contributed by atoms with van der Waals surface area (Å²) < 4.78 is 1.15. The van der Waals surface area contributed by atoms with Crippen LogP contribution < -0.4 is 5.32 Å². The van der Waals surface area contributed by atoms with Gasteiger partial charge in [0.1, 0.15) is 0 Å². The van der Waals surface area contributed by atoms with E-state index in [0.29, 0.717) is 0 Å². The third-order valence-corrected chi connectivity index (χ3v) is 3.96. The van der Waals surface area contributed by atoms with Gasteiger partial charge in [0.05, 0.1) is 0 Å². The average molecular weight is 358 g/mol. The van der Waals surface area contributed by atoms with Gasteiger partial charge in [0.2, 0.25) is 0 Å². The number of nitrogens with zero attached hydrogens (tertiary/aromatic N) is 1. The molecule has 1 aliphatic heterocycles. The van der Waals surface area contributed by atoms with Crippen molar-refractivity contribution >= 4 is 28.5 Å². The van der Waals surface area contributed by atoms with Gasteiger partial charge in [-0.1, -0.05) is 0 Å². The molecule has 4 heteroatoms. The van der Waals surface area contributed by atoms with Crippen LogP contribution in [0.5, 0.6) is 0 Å². The third-order valence-electron chi connectivity index (χ3n) is 3.24. The minimum Gasteiger partial charge on any atom is -0.352 e. The van der Waals surface area contributed by atoms with E-state index in [4.69, 9.17) is 0 Å². The molecule has 0 spiro atoms. The van der Waals surface area contributed by atoms with Crippen molar-refractivity contribution in [2.45, 2.75) is 19.3 Å². The van der Waals surface area contributed by atoms with E-state index in [1.165, 1.54) is 25.9 Å². The van der Waals surface area contributed by atoms with Crippen molar-refractivity contribution < 1.29 is 4.79 Å². The lowest BCUT2D eigenvalue weighted by atomic mass is 10.2. The lowest BCUT2D eigenvalue weighted by molar-refractivity contribution is 0.0952. The van der Waals surface area contributed by atoms with E-state index in [2.05, 4.69) is 32.8 Å². The van der Waals surface area contributed by atoms with E-state index in [1.54, 1.807) is 0 Å². The van der Waals surface area contributed by atoms with Crippen LogP contribution in [0.3, 0.4) is 0 Å². The summed E-state index contributed by atoms with van der Waals surface area (Å²) in [4.78, 5) is 14.3. The van der Waals surface area contributed by atoms with Gasteiger partial charge < -0.3 is 10.2 Å². The standard InChI is InChI=1S/C14H19IN2O/c15-13-6-4-12(5-7-13)14(18)16-8-3-11-17-9-1-2-10-17/h4-7H,1-3,8-11H2,(H,16,18). The summed E-state index contributed by atoms with van der Waals surface area (Å²) in [5.41, 5.74) is 0.747. The van der Waals surface area contributed by atoms with Gasteiger partial charge in [-0.15, -0.1) is 0 Å². The Kier molecular flexibility index (Phi) is 5.44. The molecule has 1 fully saturated rings. The first-order chi connectivity index (χ1) is 8.75. The largest absolute Gasteiger partial charge is 0.352 e. The number of amides is 1. The predicted molar refractivity (Wildman–Crippen MR) is 81.8 cm³/mol. The van der Waals surface area contributed by atoms with Gasteiger partial charge in [-0.25, -0.2) is 0 Å². The number of likely N-dealkylation sites (tertiary alicyclic amines) is 1. The van der Waals surface area contributed by atoms with Crippen molar-refractivity contribution in [3.05, 3.63) is 33.4 Å². The van der Waals surface area contributed by atoms with Crippen LogP contribution in [-0.2, 0) is 0 Å². The highest BCUT2D eigenvalue weighted by Crippen LogP contribution is 2.08. The van der Waals surface area contributed by atoms with Crippen molar-refractivity contribution in [3.8, 4) is 0 Å². The highest BCUT2D eigenvalue weighted by Gasteiger charge is 2.10. The second-order valence-electron chi connectivity index (χ2n) is 4.67. The van der Waals surface area contributed by atoms with Gasteiger partial charge in [0.15, 0.2) is 0 Å². The van der Waals surface area contributed by atoms with Crippen LogP contribution in [0.1, 0.15) is 29.6 Å². The van der Waals surface area contributed by atoms with Crippen molar-refractivity contribution in [1.82, 2.24) is 10.2 Å². The van der Waals surface area contributed by atoms with Crippen LogP contribution in [0.15, 0.2) is 24.3 Å². The maximum atomic E-state index is 11.8. The molecule has 18 heavy (non-hydrogen) atoms. The Morgan fingerprint density at radius 2 is 1.89 bits per heavy atom. The number of hydrogen-bond donors (Lipinski definition) is 1. The fraction of sp³-hybridized carbons (Fsp3) is 0.500. The molecular weight excluding hydrogens is 339 g/mol. The minimum absolute atomic E-state index is 0.0350. The van der Waals surface area contributed by atoms with Crippen LogP contribution >= 0.6 is 22.6 Å². The molecule has 2 rings (SSSR count). The Labute approximate surface area is 122 Å². The smallest absolute Gasteiger partial charge is 0.251 e. The van der Waals surface area contributed by atoms with Crippen LogP contribution in [0.4, 0.5) is 0 Å². The van der Waals surface area contributed by atoms with Crippen LogP contribution in [0.2, 0.25) is 0 Å². The zero-order valence-electron chi connectivity index (χ0n) is 10.5. The molecule has 3 nitrogen and oxygen atoms in total. The first kappa shape index (κ1) is 13.8. The molecule has 1 N–H and O–H groups in total. The molecule has 0 unspecified atom stereocenters. The normalized spacial score (nSPS) is 15.8. The van der Waals surface area contributed by atoms with Crippen molar-refractivity contribution in [2.24, 2.45) is 0 Å². The van der Waals surface area contributed by atoms with E-state index in [9.17, 15) is 4.79 Å². The molecule has 1 aliphatic rings. The topological polar surface area (TPSA) is 32.3 Å². The fourth-order valence-electron chi connectivity index (χ4n) is 2.21. The van der Waals surface area contributed by atoms with Crippen molar-refractivity contribution in [3.63, 3.8) is 0 Å². The summed E-state index contributed by atoms with van der Waals surface area (Å²) in [6, 6.07) is 7.66. The summed E-state index contributed by atoms with van der Waals surface area (Å²) in [7, 11) is 0. The molecule has 1 amide bonds. The molecule has 98 valence electrons. The van der Waals surface area contributed by atoms with Crippen molar-refractivity contribution in [1.29, 1.82) is 0 Å². The summed E-state index contributed by atoms with van der Waals surface area (Å²) in [5, 5.41) is 2.97. The van der Waals surface area contributed by atoms with E-state index in [-0.39, 0.29) is 5.91 Å². The second-order valence-corrected chi connectivity index (χ2v) is 5.91. The van der Waals surface area contributed by atoms with Crippen LogP contribution in [-0.4, -0.2) is 37.0 Å². The molecule has 0 atom stereocenters. The van der Waals surface area contributed by atoms with Gasteiger partial charge in [0, 0.05) is 15.7 Å². The fourth-order valence-corrected chi connectivity index (χ4v) is 2.57. The Bertz CT molecular complexity index is 385. The summed E-state index contributed by atoms with van der Waals surface area (Å²) in [5.74, 6) is 0.0350. The van der Waals surface area contributed by atoms with Crippen LogP contribution in [0.25, 0.3) is 0 Å². The Balaban J connectivity index is 1.66. The first-order valence-corrected chi connectivity index (χ1v) is 7.60. The van der Waals surface area contributed by atoms with Gasteiger partial charge >= 0.3 is 0 Å². The number of halogens is 1. The molecule has 1 heterocycles. The van der Waals surface area contributed by atoms with Crippen molar-refractivity contribution in [2.75, 3.05) is 26.2 Å². The molecule has 0 aliphatic carbocycles. The molecule has 1 aromatic rings. The summed E-state index contributed by atoms with van der Waals surface area (Å²) in [6.07, 6.45) is 3.69. The molecular formula is C14H19IN2O. The predicted octanol–water partition coefficient (Wildman–Crippen LogP) is 2.51. The minimum atomic E-state index is 0.0350. The average Bonchev–Trinajstić information content (AvgIpc) is 2.88. The number of benzene rings is 1. The molecule has 1 saturated heterocycles. The molecule has 1 aromatic carbocycles. The highest BCUT2D eigenvalue weighted by molar-refractivity contribution is 14.1. The highest BCUT2D eigenvalue weighted by atomic mass is 127. The Morgan fingerprint density at radius 1 is 1.22 bits per heavy atom. The first-order valence-electron chi connectivity index (χ1n) is 6.52. The lowest BCUT2D eigenvalue weighted by Gasteiger charge is -2.14. The number of hydrogen-bond acceptors (Lipinski definition) is 2. The van der Waals surface area contributed by atoms with Gasteiger partial charge in [0.25, 0.3) is 5.91 Å². The van der Waals surface area contributed by atoms with Crippen LogP contribution in [0, 0.1) is 3.57 Å². The molecule has 0 radical (unpaired) electrons. The zero-order chi connectivity index (χ0) is 12.8. The number of carbonyl (C=O) groups is 1. The Hall–Kier alpha value is -0.620. The molecule has 0 bridgehead atoms. The maximum Gasteiger partial charge on any atom is 0.251 e. The van der Waals surface area contributed by atoms with E-state index in [1.807, 2.05) is 24.3 Å². The molecule has 0 saturated carbocycles. The maximum absolute atomic E-state index is 11.8. The summed E-state index contributed by atoms with van der Waals surface area (Å²) >= 11 is 2.24. The molecule has 0 aromatic heterocycles. The number of carbonyl (C=O) groups excluding carboxylic acids is 1. The van der Waals surface area contributed by atoms with E-state index < -0.39 is 0 Å². The SMILES string of the molecule is O=C(NCCCN1CCCC1)c1ccc(I)cc1. The van der Waals surface area contributed by atoms with E-state index in [0.717, 1.165) is 28.6 Å². The monoisotopic (exact) mass is 358 g/mol. The quantitative estimate of drug-likeness (QED) is 0.648. The van der Waals surface area contributed by atoms with E-state index >= 15 is 0 Å². The third kappa shape index (κ3) is 4.24. The number of nitrogens with one attached hydrogen (secondary N) is 1. The number of rotatable bonds is 5. The Morgan fingerprint density at radius 3 is 2.56 bits per heavy atom. The lowest BCUT2D eigenvalue weighted by Crippen LogP contribution is -2.28. The van der Waals surface area contributed by atoms with Gasteiger partial charge in [-0.2, -0.15) is 0 Å². The van der Waals surface area contributed by atoms with Gasteiger partial charge in [-0.3, -0.25) is 4.79 Å². The zero-order valence-corrected chi connectivity index (χ0v) is 12.7. The second kappa shape index (κ2) is 7.09. The summed E-state index contributed by atoms with van der Waals surface area (Å²) in [6.45, 7) is 4.32.